The van der Waals surface area contributed by atoms with Crippen LogP contribution in [0.25, 0.3) is 11.1 Å². The van der Waals surface area contributed by atoms with E-state index in [0.717, 1.165) is 23.2 Å². The number of hydrogen-bond donors (Lipinski definition) is 0. The molecule has 0 atom stereocenters. The summed E-state index contributed by atoms with van der Waals surface area (Å²) < 4.78 is 28.3. The maximum atomic E-state index is 14.1. The van der Waals surface area contributed by atoms with Gasteiger partial charge in [-0.25, -0.2) is 8.78 Å². The van der Waals surface area contributed by atoms with Crippen LogP contribution in [-0.2, 0) is 6.42 Å². The summed E-state index contributed by atoms with van der Waals surface area (Å²) in [6.45, 7) is 1.97. The molecule has 138 valence electrons. The van der Waals surface area contributed by atoms with Crippen molar-refractivity contribution in [3.8, 4) is 23.0 Å². The lowest BCUT2D eigenvalue weighted by Gasteiger charge is -2.03. The highest BCUT2D eigenvalue weighted by molar-refractivity contribution is 7.78. The molecule has 0 aliphatic rings. The van der Waals surface area contributed by atoms with Crippen molar-refractivity contribution in [3.05, 3.63) is 89.0 Å². The lowest BCUT2D eigenvalue weighted by molar-refractivity contribution is 0.573. The molecular weight excluding hydrogens is 372 g/mol. The lowest BCUT2D eigenvalue weighted by atomic mass is 10.0. The molecule has 0 bridgehead atoms. The Morgan fingerprint density at radius 2 is 1.43 bits per heavy atom. The van der Waals surface area contributed by atoms with Crippen LogP contribution in [0.15, 0.2) is 65.7 Å². The van der Waals surface area contributed by atoms with E-state index in [1.165, 1.54) is 12.1 Å². The van der Waals surface area contributed by atoms with Crippen LogP contribution in [0.5, 0.6) is 0 Å². The van der Waals surface area contributed by atoms with E-state index in [0.29, 0.717) is 17.5 Å². The molecule has 0 N–H and O–H groups in total. The van der Waals surface area contributed by atoms with E-state index in [-0.39, 0.29) is 5.56 Å². The molecule has 0 aliphatic heterocycles. The zero-order valence-electron chi connectivity index (χ0n) is 15.3. The predicted molar refractivity (Wildman–Crippen MR) is 113 cm³/mol. The van der Waals surface area contributed by atoms with Crippen molar-refractivity contribution in [2.75, 3.05) is 0 Å². The first-order valence-corrected chi connectivity index (χ1v) is 9.30. The first-order valence-electron chi connectivity index (χ1n) is 8.89. The average Bonchev–Trinajstić information content (AvgIpc) is 2.69. The monoisotopic (exact) mass is 389 g/mol. The number of aryl methyl sites for hydroxylation is 1. The molecule has 0 aromatic heterocycles. The maximum absolute atomic E-state index is 14.1. The van der Waals surface area contributed by atoms with Gasteiger partial charge < -0.3 is 0 Å². The zero-order valence-corrected chi connectivity index (χ0v) is 16.1. The van der Waals surface area contributed by atoms with Gasteiger partial charge in [0.2, 0.25) is 0 Å². The lowest BCUT2D eigenvalue weighted by Crippen LogP contribution is -1.94. The third kappa shape index (κ3) is 4.78. The number of rotatable bonds is 4. The summed E-state index contributed by atoms with van der Waals surface area (Å²) in [6.07, 6.45) is 1.47. The Hall–Kier alpha value is -3.12. The summed E-state index contributed by atoms with van der Waals surface area (Å²) >= 11 is 4.59. The van der Waals surface area contributed by atoms with E-state index < -0.39 is 11.6 Å². The van der Waals surface area contributed by atoms with Gasteiger partial charge in [0.15, 0.2) is 0 Å². The number of nitrogens with zero attached hydrogens (tertiary/aromatic N) is 1. The Balaban J connectivity index is 1.81. The van der Waals surface area contributed by atoms with Crippen LogP contribution in [0.1, 0.15) is 30.0 Å². The highest BCUT2D eigenvalue weighted by Crippen LogP contribution is 2.23. The van der Waals surface area contributed by atoms with Gasteiger partial charge >= 0.3 is 0 Å². The van der Waals surface area contributed by atoms with Gasteiger partial charge in [0.05, 0.1) is 16.4 Å². The van der Waals surface area contributed by atoms with E-state index in [1.54, 1.807) is 0 Å². The van der Waals surface area contributed by atoms with Gasteiger partial charge in [0.1, 0.15) is 11.6 Å². The molecule has 0 fully saturated rings. The number of halogens is 2. The van der Waals surface area contributed by atoms with Crippen LogP contribution in [0, 0.1) is 23.5 Å². The standard InChI is InChI=1S/C24H17F2NS/c1-2-3-18-14-23(25)22(24(26)15-18)13-6-17-4-7-19(8-5-17)20-9-11-21(12-10-20)27-16-28/h4-5,7-12,14-15H,2-3H2,1H3. The third-order valence-corrected chi connectivity index (χ3v) is 4.32. The second-order valence-electron chi connectivity index (χ2n) is 6.26. The van der Waals surface area contributed by atoms with E-state index in [9.17, 15) is 8.78 Å². The van der Waals surface area contributed by atoms with Crippen LogP contribution in [0.2, 0.25) is 0 Å². The molecule has 0 saturated carbocycles. The molecule has 0 unspecified atom stereocenters. The van der Waals surface area contributed by atoms with Gasteiger partial charge in [-0.05, 0) is 71.7 Å². The minimum absolute atomic E-state index is 0.196. The number of benzene rings is 3. The normalized spacial score (nSPS) is 9.96. The molecule has 0 spiro atoms. The molecule has 3 aromatic rings. The van der Waals surface area contributed by atoms with Crippen LogP contribution in [0.4, 0.5) is 14.5 Å². The Labute approximate surface area is 168 Å². The van der Waals surface area contributed by atoms with Crippen molar-refractivity contribution in [2.24, 2.45) is 4.99 Å². The van der Waals surface area contributed by atoms with Gasteiger partial charge in [0.25, 0.3) is 0 Å². The summed E-state index contributed by atoms with van der Waals surface area (Å²) in [5, 5.41) is 2.34. The average molecular weight is 389 g/mol. The van der Waals surface area contributed by atoms with Crippen molar-refractivity contribution >= 4 is 23.1 Å². The van der Waals surface area contributed by atoms with Crippen molar-refractivity contribution in [1.82, 2.24) is 0 Å². The summed E-state index contributed by atoms with van der Waals surface area (Å²) in [4.78, 5) is 3.92. The first-order chi connectivity index (χ1) is 13.6. The number of aliphatic imine (C=N–C) groups is 1. The minimum Gasteiger partial charge on any atom is -0.206 e. The summed E-state index contributed by atoms with van der Waals surface area (Å²) in [6, 6.07) is 17.8. The molecule has 0 saturated heterocycles. The second-order valence-corrected chi connectivity index (χ2v) is 6.44. The van der Waals surface area contributed by atoms with Gasteiger partial charge in [-0.15, -0.1) is 0 Å². The minimum atomic E-state index is -0.619. The van der Waals surface area contributed by atoms with Crippen molar-refractivity contribution < 1.29 is 8.78 Å². The fourth-order valence-electron chi connectivity index (χ4n) is 2.84. The van der Waals surface area contributed by atoms with E-state index >= 15 is 0 Å². The van der Waals surface area contributed by atoms with Crippen molar-refractivity contribution in [2.45, 2.75) is 19.8 Å². The molecule has 4 heteroatoms. The Morgan fingerprint density at radius 3 is 1.96 bits per heavy atom. The summed E-state index contributed by atoms with van der Waals surface area (Å²) in [5.41, 5.74) is 3.90. The predicted octanol–water partition coefficient (Wildman–Crippen LogP) is 6.72. The Bertz CT molecular complexity index is 1060. The smallest absolute Gasteiger partial charge is 0.142 e. The SMILES string of the molecule is CCCc1cc(F)c(C#Cc2ccc(-c3ccc(N=C=S)cc3)cc2)c(F)c1. The second kappa shape index (κ2) is 9.19. The molecule has 1 nitrogen and oxygen atoms in total. The summed E-state index contributed by atoms with van der Waals surface area (Å²) in [5.74, 6) is 4.21. The molecule has 0 heterocycles. The van der Waals surface area contributed by atoms with Crippen LogP contribution in [-0.4, -0.2) is 5.16 Å². The van der Waals surface area contributed by atoms with Crippen LogP contribution in [0.3, 0.4) is 0 Å². The molecule has 3 aromatic carbocycles. The van der Waals surface area contributed by atoms with E-state index in [1.807, 2.05) is 55.5 Å². The quantitative estimate of drug-likeness (QED) is 0.274. The van der Waals surface area contributed by atoms with Crippen LogP contribution < -0.4 is 0 Å². The van der Waals surface area contributed by atoms with E-state index in [4.69, 9.17) is 0 Å². The topological polar surface area (TPSA) is 12.4 Å². The third-order valence-electron chi connectivity index (χ3n) is 4.23. The van der Waals surface area contributed by atoms with Gasteiger partial charge in [-0.1, -0.05) is 49.5 Å². The number of thiocarbonyl (C=S) groups is 1. The zero-order chi connectivity index (χ0) is 19.9. The molecule has 0 amide bonds. The molecule has 28 heavy (non-hydrogen) atoms. The fraction of sp³-hybridized carbons (Fsp3) is 0.125. The van der Waals surface area contributed by atoms with Gasteiger partial charge in [0, 0.05) is 5.56 Å². The van der Waals surface area contributed by atoms with Crippen molar-refractivity contribution in [3.63, 3.8) is 0 Å². The van der Waals surface area contributed by atoms with Crippen molar-refractivity contribution in [1.29, 1.82) is 0 Å². The molecule has 3 rings (SSSR count). The van der Waals surface area contributed by atoms with Gasteiger partial charge in [-0.3, -0.25) is 0 Å². The highest BCUT2D eigenvalue weighted by Gasteiger charge is 2.08. The first kappa shape index (κ1) is 19.6. The molecule has 0 aliphatic carbocycles. The summed E-state index contributed by atoms with van der Waals surface area (Å²) in [7, 11) is 0. The highest BCUT2D eigenvalue weighted by atomic mass is 32.1. The number of hydrogen-bond acceptors (Lipinski definition) is 2. The fourth-order valence-corrected chi connectivity index (χ4v) is 2.95. The molecular formula is C24H17F2NS. The van der Waals surface area contributed by atoms with Gasteiger partial charge in [-0.2, -0.15) is 4.99 Å². The van der Waals surface area contributed by atoms with Crippen LogP contribution >= 0.6 is 12.2 Å². The number of isothiocyanates is 1. The Kier molecular flexibility index (Phi) is 6.45. The Morgan fingerprint density at radius 1 is 0.857 bits per heavy atom. The molecule has 0 radical (unpaired) electrons. The van der Waals surface area contributed by atoms with E-state index in [2.05, 4.69) is 34.2 Å². The maximum Gasteiger partial charge on any atom is 0.142 e. The largest absolute Gasteiger partial charge is 0.206 e.